The fourth-order valence-electron chi connectivity index (χ4n) is 2.50. The van der Waals surface area contributed by atoms with E-state index in [0.29, 0.717) is 12.6 Å². The van der Waals surface area contributed by atoms with E-state index in [2.05, 4.69) is 17.1 Å². The molecule has 1 aliphatic carbocycles. The second-order valence-corrected chi connectivity index (χ2v) is 5.46. The minimum absolute atomic E-state index is 0.0160. The first kappa shape index (κ1) is 13.1. The Morgan fingerprint density at radius 2 is 2.15 bits per heavy atom. The van der Waals surface area contributed by atoms with Crippen LogP contribution in [0.1, 0.15) is 25.5 Å². The Morgan fingerprint density at radius 3 is 2.85 bits per heavy atom. The molecular weight excluding hydrogens is 250 g/mol. The first-order valence-corrected chi connectivity index (χ1v) is 7.05. The van der Waals surface area contributed by atoms with Gasteiger partial charge in [-0.2, -0.15) is 0 Å². The molecule has 4 heteroatoms. The van der Waals surface area contributed by atoms with Gasteiger partial charge in [-0.25, -0.2) is 0 Å². The Labute approximate surface area is 118 Å². The van der Waals surface area contributed by atoms with Crippen molar-refractivity contribution in [2.24, 2.45) is 5.73 Å². The van der Waals surface area contributed by atoms with Crippen molar-refractivity contribution in [3.05, 3.63) is 42.2 Å². The second-order valence-electron chi connectivity index (χ2n) is 5.46. The largest absolute Gasteiger partial charge is 0.332 e. The summed E-state index contributed by atoms with van der Waals surface area (Å²) in [5, 5.41) is 2.26. The molecule has 1 aromatic carbocycles. The number of carbonyl (C=O) groups excluding carboxylic acids is 1. The lowest BCUT2D eigenvalue weighted by Gasteiger charge is -2.24. The molecule has 1 fully saturated rings. The smallest absolute Gasteiger partial charge is 0.239 e. The standard InChI is InChI=1S/C16H19N3O/c1-11(17)16(20)19(13-6-7-13)10-15-14-5-3-2-4-12(14)8-9-18-15/h2-5,8-9,11,13H,6-7,10,17H2,1H3. The van der Waals surface area contributed by atoms with Gasteiger partial charge in [0.2, 0.25) is 5.91 Å². The van der Waals surface area contributed by atoms with E-state index in [1.54, 1.807) is 13.1 Å². The Balaban J connectivity index is 1.92. The summed E-state index contributed by atoms with van der Waals surface area (Å²) in [6, 6.07) is 10.0. The molecule has 1 atom stereocenters. The first-order valence-electron chi connectivity index (χ1n) is 7.05. The number of nitrogens with two attached hydrogens (primary N) is 1. The van der Waals surface area contributed by atoms with Gasteiger partial charge in [-0.15, -0.1) is 0 Å². The summed E-state index contributed by atoms with van der Waals surface area (Å²) >= 11 is 0. The Morgan fingerprint density at radius 1 is 1.40 bits per heavy atom. The molecule has 0 aliphatic heterocycles. The van der Waals surface area contributed by atoms with Crippen molar-refractivity contribution in [1.29, 1.82) is 0 Å². The van der Waals surface area contributed by atoms with Crippen molar-refractivity contribution in [1.82, 2.24) is 9.88 Å². The topological polar surface area (TPSA) is 59.2 Å². The molecule has 3 rings (SSSR count). The van der Waals surface area contributed by atoms with Crippen LogP contribution in [0.5, 0.6) is 0 Å². The average Bonchev–Trinajstić information content (AvgIpc) is 3.28. The lowest BCUT2D eigenvalue weighted by molar-refractivity contribution is -0.133. The maximum atomic E-state index is 12.2. The maximum absolute atomic E-state index is 12.2. The van der Waals surface area contributed by atoms with E-state index in [9.17, 15) is 4.79 Å². The summed E-state index contributed by atoms with van der Waals surface area (Å²) in [6.07, 6.45) is 3.95. The predicted octanol–water partition coefficient (Wildman–Crippen LogP) is 2.07. The van der Waals surface area contributed by atoms with Gasteiger partial charge >= 0.3 is 0 Å². The van der Waals surface area contributed by atoms with Crippen LogP contribution in [-0.2, 0) is 11.3 Å². The van der Waals surface area contributed by atoms with Crippen molar-refractivity contribution in [3.63, 3.8) is 0 Å². The normalized spacial score (nSPS) is 16.1. The van der Waals surface area contributed by atoms with Crippen molar-refractivity contribution in [2.45, 2.75) is 38.4 Å². The molecule has 0 bridgehead atoms. The lowest BCUT2D eigenvalue weighted by atomic mass is 10.1. The van der Waals surface area contributed by atoms with Crippen LogP contribution >= 0.6 is 0 Å². The van der Waals surface area contributed by atoms with Crippen molar-refractivity contribution in [3.8, 4) is 0 Å². The third-order valence-electron chi connectivity index (χ3n) is 3.74. The number of rotatable bonds is 4. The highest BCUT2D eigenvalue weighted by atomic mass is 16.2. The highest BCUT2D eigenvalue weighted by Gasteiger charge is 2.34. The summed E-state index contributed by atoms with van der Waals surface area (Å²) in [6.45, 7) is 2.29. The molecule has 1 unspecified atom stereocenters. The van der Waals surface area contributed by atoms with E-state index >= 15 is 0 Å². The summed E-state index contributed by atoms with van der Waals surface area (Å²) < 4.78 is 0. The van der Waals surface area contributed by atoms with Gasteiger partial charge in [0, 0.05) is 17.6 Å². The number of carbonyl (C=O) groups is 1. The molecule has 0 saturated heterocycles. The quantitative estimate of drug-likeness (QED) is 0.924. The van der Waals surface area contributed by atoms with Crippen LogP contribution in [0.25, 0.3) is 10.8 Å². The third kappa shape index (κ3) is 2.51. The fourth-order valence-corrected chi connectivity index (χ4v) is 2.50. The molecule has 104 valence electrons. The van der Waals surface area contributed by atoms with Gasteiger partial charge < -0.3 is 10.6 Å². The van der Waals surface area contributed by atoms with Crippen LogP contribution in [0, 0.1) is 0 Å². The summed E-state index contributed by atoms with van der Waals surface area (Å²) in [4.78, 5) is 18.6. The highest BCUT2D eigenvalue weighted by Crippen LogP contribution is 2.29. The number of fused-ring (bicyclic) bond motifs is 1. The number of pyridine rings is 1. The predicted molar refractivity (Wildman–Crippen MR) is 79.0 cm³/mol. The molecule has 4 nitrogen and oxygen atoms in total. The van der Waals surface area contributed by atoms with Gasteiger partial charge in [-0.1, -0.05) is 24.3 Å². The number of amides is 1. The molecule has 1 saturated carbocycles. The van der Waals surface area contributed by atoms with Crippen LogP contribution in [0.4, 0.5) is 0 Å². The third-order valence-corrected chi connectivity index (χ3v) is 3.74. The molecule has 1 aliphatic rings. The molecule has 0 radical (unpaired) electrons. The Kier molecular flexibility index (Phi) is 3.40. The number of nitrogens with zero attached hydrogens (tertiary/aromatic N) is 2. The van der Waals surface area contributed by atoms with Crippen LogP contribution in [0.2, 0.25) is 0 Å². The summed E-state index contributed by atoms with van der Waals surface area (Å²) in [5.41, 5.74) is 6.71. The van der Waals surface area contributed by atoms with Gasteiger partial charge in [0.05, 0.1) is 18.3 Å². The van der Waals surface area contributed by atoms with Crippen LogP contribution in [0.3, 0.4) is 0 Å². The summed E-state index contributed by atoms with van der Waals surface area (Å²) in [7, 11) is 0. The number of aromatic nitrogens is 1. The fraction of sp³-hybridized carbons (Fsp3) is 0.375. The second kappa shape index (κ2) is 5.21. The molecular formula is C16H19N3O. The minimum Gasteiger partial charge on any atom is -0.332 e. The van der Waals surface area contributed by atoms with Gasteiger partial charge in [0.1, 0.15) is 0 Å². The average molecular weight is 269 g/mol. The van der Waals surface area contributed by atoms with Gasteiger partial charge in [0.15, 0.2) is 0 Å². The zero-order valence-corrected chi connectivity index (χ0v) is 11.6. The van der Waals surface area contributed by atoms with Crippen molar-refractivity contribution in [2.75, 3.05) is 0 Å². The van der Waals surface area contributed by atoms with E-state index in [1.165, 1.54) is 0 Å². The van der Waals surface area contributed by atoms with E-state index in [4.69, 9.17) is 5.73 Å². The van der Waals surface area contributed by atoms with Gasteiger partial charge in [-0.3, -0.25) is 9.78 Å². The van der Waals surface area contributed by atoms with E-state index in [1.807, 2.05) is 23.1 Å². The first-order chi connectivity index (χ1) is 9.66. The van der Waals surface area contributed by atoms with Gasteiger partial charge in [0.25, 0.3) is 0 Å². The zero-order valence-electron chi connectivity index (χ0n) is 11.6. The SMILES string of the molecule is CC(N)C(=O)N(Cc1nccc2ccccc12)C1CC1. The maximum Gasteiger partial charge on any atom is 0.239 e. The van der Waals surface area contributed by atoms with Crippen LogP contribution in [0.15, 0.2) is 36.5 Å². The molecule has 2 N–H and O–H groups in total. The zero-order chi connectivity index (χ0) is 14.1. The van der Waals surface area contributed by atoms with Crippen molar-refractivity contribution >= 4 is 16.7 Å². The molecule has 0 spiro atoms. The molecule has 2 aromatic rings. The Hall–Kier alpha value is -1.94. The minimum atomic E-state index is -0.453. The van der Waals surface area contributed by atoms with E-state index < -0.39 is 6.04 Å². The van der Waals surface area contributed by atoms with Gasteiger partial charge in [-0.05, 0) is 31.2 Å². The molecule has 1 heterocycles. The number of hydrogen-bond donors (Lipinski definition) is 1. The lowest BCUT2D eigenvalue weighted by Crippen LogP contribution is -2.43. The molecule has 1 amide bonds. The molecule has 20 heavy (non-hydrogen) atoms. The van der Waals surface area contributed by atoms with Crippen molar-refractivity contribution < 1.29 is 4.79 Å². The summed E-state index contributed by atoms with van der Waals surface area (Å²) in [5.74, 6) is 0.0160. The molecule has 1 aromatic heterocycles. The monoisotopic (exact) mass is 269 g/mol. The number of benzene rings is 1. The number of hydrogen-bond acceptors (Lipinski definition) is 3. The van der Waals surface area contributed by atoms with Crippen LogP contribution < -0.4 is 5.73 Å². The van der Waals surface area contributed by atoms with Crippen LogP contribution in [-0.4, -0.2) is 27.9 Å². The highest BCUT2D eigenvalue weighted by molar-refractivity contribution is 5.85. The van der Waals surface area contributed by atoms with E-state index in [0.717, 1.165) is 29.3 Å². The Bertz CT molecular complexity index is 629. The van der Waals surface area contributed by atoms with E-state index in [-0.39, 0.29) is 5.91 Å².